The number of nitrogens with one attached hydrogen (secondary N) is 1. The minimum Gasteiger partial charge on any atom is -0.325 e. The lowest BCUT2D eigenvalue weighted by molar-refractivity contribution is -0.141. The molecule has 3 atom stereocenters. The summed E-state index contributed by atoms with van der Waals surface area (Å²) in [5, 5.41) is 12.0. The van der Waals surface area contributed by atoms with Crippen molar-refractivity contribution in [2.75, 3.05) is 5.32 Å². The van der Waals surface area contributed by atoms with Crippen molar-refractivity contribution in [1.82, 2.24) is 34.3 Å². The van der Waals surface area contributed by atoms with E-state index in [0.29, 0.717) is 35.0 Å². The molecule has 2 fully saturated rings. The van der Waals surface area contributed by atoms with E-state index in [1.165, 1.54) is 22.6 Å². The van der Waals surface area contributed by atoms with Gasteiger partial charge in [-0.05, 0) is 61.4 Å². The Labute approximate surface area is 260 Å². The lowest BCUT2D eigenvalue weighted by Crippen LogP contribution is -2.47. The van der Waals surface area contributed by atoms with Crippen molar-refractivity contribution in [3.63, 3.8) is 0 Å². The minimum atomic E-state index is -4.67. The summed E-state index contributed by atoms with van der Waals surface area (Å²) >= 11 is 0. The number of alkyl halides is 3. The highest BCUT2D eigenvalue weighted by atomic mass is 19.4. The van der Waals surface area contributed by atoms with Crippen LogP contribution in [0.3, 0.4) is 0 Å². The Balaban J connectivity index is 1.17. The quantitative estimate of drug-likeness (QED) is 0.262. The molecule has 1 saturated carbocycles. The number of ketones is 1. The van der Waals surface area contributed by atoms with E-state index in [2.05, 4.69) is 25.5 Å². The summed E-state index contributed by atoms with van der Waals surface area (Å²) in [5.74, 6) is -1.46. The number of fused-ring (bicyclic) bond motifs is 3. The second-order valence-corrected chi connectivity index (χ2v) is 12.5. The Hall–Kier alpha value is -5.14. The summed E-state index contributed by atoms with van der Waals surface area (Å²) in [6, 6.07) is 8.33. The van der Waals surface area contributed by atoms with Gasteiger partial charge < -0.3 is 10.2 Å². The molecule has 46 heavy (non-hydrogen) atoms. The van der Waals surface area contributed by atoms with Crippen LogP contribution >= 0.6 is 0 Å². The van der Waals surface area contributed by atoms with Crippen LogP contribution in [0.1, 0.15) is 54.1 Å². The molecule has 5 aromatic rings. The highest BCUT2D eigenvalue weighted by Gasteiger charge is 2.64. The van der Waals surface area contributed by atoms with Crippen LogP contribution in [0.15, 0.2) is 48.8 Å². The zero-order valence-electron chi connectivity index (χ0n) is 25.4. The number of anilines is 1. The first-order chi connectivity index (χ1) is 21.7. The Morgan fingerprint density at radius 1 is 1.04 bits per heavy atom. The number of nitrogens with zero attached hydrogens (tertiary/aromatic N) is 7. The molecule has 0 radical (unpaired) electrons. The van der Waals surface area contributed by atoms with Gasteiger partial charge in [0.15, 0.2) is 11.4 Å². The molecule has 1 aliphatic heterocycles. The van der Waals surface area contributed by atoms with Crippen LogP contribution in [0.2, 0.25) is 0 Å². The summed E-state index contributed by atoms with van der Waals surface area (Å²) in [7, 11) is 0. The van der Waals surface area contributed by atoms with E-state index in [0.717, 1.165) is 22.9 Å². The number of aromatic nitrogens is 6. The number of aryl methyl sites for hydroxylation is 2. The summed E-state index contributed by atoms with van der Waals surface area (Å²) in [4.78, 5) is 49.6. The molecule has 5 heterocycles. The smallest absolute Gasteiger partial charge is 0.325 e. The molecule has 1 aliphatic carbocycles. The van der Waals surface area contributed by atoms with E-state index < -0.39 is 23.8 Å². The average molecular weight is 631 g/mol. The van der Waals surface area contributed by atoms with Gasteiger partial charge in [-0.2, -0.15) is 23.4 Å². The van der Waals surface area contributed by atoms with Gasteiger partial charge in [0.05, 0.1) is 11.2 Å². The minimum absolute atomic E-state index is 0.194. The number of carbonyl (C=O) groups excluding carboxylic acids is 3. The highest BCUT2D eigenvalue weighted by molar-refractivity contribution is 6.06. The maximum atomic E-state index is 13.9. The van der Waals surface area contributed by atoms with Crippen molar-refractivity contribution in [3.05, 3.63) is 71.4 Å². The maximum Gasteiger partial charge on any atom is 0.433 e. The van der Waals surface area contributed by atoms with Gasteiger partial charge in [0.25, 0.3) is 0 Å². The fourth-order valence-electron chi connectivity index (χ4n) is 6.47. The fraction of sp³-hybridized carbons (Fsp3) is 0.344. The molecule has 1 saturated heterocycles. The molecule has 236 valence electrons. The Bertz CT molecular complexity index is 2100. The summed E-state index contributed by atoms with van der Waals surface area (Å²) in [6.45, 7) is 6.58. The maximum absolute atomic E-state index is 13.9. The predicted molar refractivity (Wildman–Crippen MR) is 161 cm³/mol. The van der Waals surface area contributed by atoms with Gasteiger partial charge in [-0.3, -0.25) is 19.1 Å². The second kappa shape index (κ2) is 10.2. The second-order valence-electron chi connectivity index (χ2n) is 12.5. The van der Waals surface area contributed by atoms with Crippen LogP contribution in [0.5, 0.6) is 0 Å². The number of amides is 2. The number of Topliss-reactive ketones (excluding diaryl/α,β-unsaturated/α-hetero) is 1. The first-order valence-electron chi connectivity index (χ1n) is 14.7. The van der Waals surface area contributed by atoms with Crippen molar-refractivity contribution in [2.45, 2.75) is 65.3 Å². The number of likely N-dealkylation sites (tertiary alicyclic amines) is 1. The zero-order chi connectivity index (χ0) is 32.7. The van der Waals surface area contributed by atoms with Crippen molar-refractivity contribution >= 4 is 40.0 Å². The largest absolute Gasteiger partial charge is 0.433 e. The average Bonchev–Trinajstić information content (AvgIpc) is 3.25. The van der Waals surface area contributed by atoms with Gasteiger partial charge in [0.1, 0.15) is 29.8 Å². The molecular formula is C32H29F3N8O3. The number of pyridine rings is 1. The lowest BCUT2D eigenvalue weighted by Gasteiger charge is -2.27. The van der Waals surface area contributed by atoms with E-state index in [9.17, 15) is 27.6 Å². The standard InChI is InChI=1S/C32H29F3N8O3/c1-16-5-8-24(32(33,34)35)37-29(16)38-30(46)23-11-31(4)12-25(31)43(23)27(45)15-41-22-7-6-19(10-21(22)28(40-41)18(3)44)20-13-36-26-9-17(2)39-42(26)14-20/h5-10,13-14,23,25H,11-12,15H2,1-4H3,(H,37,38,46)/t23-,25+,31-/m0/s1. The molecule has 0 bridgehead atoms. The molecule has 4 aromatic heterocycles. The number of benzene rings is 1. The summed E-state index contributed by atoms with van der Waals surface area (Å²) in [5.41, 5.74) is 2.83. The van der Waals surface area contributed by atoms with Crippen molar-refractivity contribution in [3.8, 4) is 11.1 Å². The van der Waals surface area contributed by atoms with Gasteiger partial charge >= 0.3 is 6.18 Å². The normalized spacial score (nSPS) is 20.7. The van der Waals surface area contributed by atoms with Gasteiger partial charge in [0.2, 0.25) is 11.8 Å². The molecule has 0 spiro atoms. The molecular weight excluding hydrogens is 601 g/mol. The Morgan fingerprint density at radius 2 is 1.83 bits per heavy atom. The summed E-state index contributed by atoms with van der Waals surface area (Å²) in [6.07, 6.45) is -0.0319. The van der Waals surface area contributed by atoms with Gasteiger partial charge in [-0.1, -0.05) is 19.1 Å². The third-order valence-corrected chi connectivity index (χ3v) is 8.99. The number of halogens is 3. The van der Waals surface area contributed by atoms with Gasteiger partial charge in [-0.25, -0.2) is 14.5 Å². The van der Waals surface area contributed by atoms with Gasteiger partial charge in [-0.15, -0.1) is 0 Å². The molecule has 1 aromatic carbocycles. The molecule has 0 unspecified atom stereocenters. The molecule has 2 amide bonds. The molecule has 2 aliphatic rings. The summed E-state index contributed by atoms with van der Waals surface area (Å²) < 4.78 is 43.0. The van der Waals surface area contributed by atoms with Crippen molar-refractivity contribution in [1.29, 1.82) is 0 Å². The third-order valence-electron chi connectivity index (χ3n) is 8.99. The van der Waals surface area contributed by atoms with Crippen LogP contribution in [0, 0.1) is 19.3 Å². The predicted octanol–water partition coefficient (Wildman–Crippen LogP) is 5.00. The molecule has 1 N–H and O–H groups in total. The molecule has 7 rings (SSSR count). The Kier molecular flexibility index (Phi) is 6.55. The van der Waals surface area contributed by atoms with Crippen LogP contribution < -0.4 is 5.32 Å². The third kappa shape index (κ3) is 4.97. The van der Waals surface area contributed by atoms with Crippen LogP contribution in [-0.4, -0.2) is 63.9 Å². The first kappa shape index (κ1) is 29.6. The lowest BCUT2D eigenvalue weighted by atomic mass is 10.0. The number of rotatable bonds is 6. The fourth-order valence-corrected chi connectivity index (χ4v) is 6.47. The first-order valence-corrected chi connectivity index (χ1v) is 14.7. The highest BCUT2D eigenvalue weighted by Crippen LogP contribution is 2.59. The van der Waals surface area contributed by atoms with Crippen LogP contribution in [0.4, 0.5) is 19.0 Å². The van der Waals surface area contributed by atoms with Crippen molar-refractivity contribution < 1.29 is 27.6 Å². The van der Waals surface area contributed by atoms with E-state index in [-0.39, 0.29) is 41.2 Å². The van der Waals surface area contributed by atoms with Crippen LogP contribution in [-0.2, 0) is 22.3 Å². The number of piperidine rings is 1. The molecule has 11 nitrogen and oxygen atoms in total. The van der Waals surface area contributed by atoms with E-state index in [1.54, 1.807) is 23.7 Å². The monoisotopic (exact) mass is 630 g/mol. The van der Waals surface area contributed by atoms with Crippen molar-refractivity contribution in [2.24, 2.45) is 5.41 Å². The number of hydrogen-bond acceptors (Lipinski definition) is 7. The number of hydrogen-bond donors (Lipinski definition) is 1. The van der Waals surface area contributed by atoms with E-state index in [4.69, 9.17) is 0 Å². The van der Waals surface area contributed by atoms with E-state index in [1.807, 2.05) is 38.2 Å². The number of carbonyl (C=O) groups is 3. The zero-order valence-corrected chi connectivity index (χ0v) is 25.4. The van der Waals surface area contributed by atoms with Crippen LogP contribution in [0.25, 0.3) is 27.7 Å². The Morgan fingerprint density at radius 3 is 2.57 bits per heavy atom. The molecule has 14 heteroatoms. The van der Waals surface area contributed by atoms with Gasteiger partial charge in [0, 0.05) is 42.4 Å². The SMILES string of the molecule is CC(=O)c1nn(CC(=O)N2[C@H](C(=O)Nc3nc(C(F)(F)F)ccc3C)C[C@@]3(C)C[C@@H]23)c2ccc(-c3cnc4cc(C)nn4c3)cc12. The topological polar surface area (TPSA) is 127 Å². The van der Waals surface area contributed by atoms with E-state index >= 15 is 0 Å².